The second kappa shape index (κ2) is 6.16. The maximum Gasteiger partial charge on any atom is 0.219 e. The number of carbonyl (C=O) groups is 1. The van der Waals surface area contributed by atoms with E-state index in [-0.39, 0.29) is 11.9 Å². The lowest BCUT2D eigenvalue weighted by atomic mass is 10.2. The summed E-state index contributed by atoms with van der Waals surface area (Å²) in [6.07, 6.45) is 1.55. The molecular formula is C8H18N2O. The molecule has 0 fully saturated rings. The highest BCUT2D eigenvalue weighted by Crippen LogP contribution is 1.89. The van der Waals surface area contributed by atoms with Crippen molar-refractivity contribution in [3.63, 3.8) is 0 Å². The van der Waals surface area contributed by atoms with E-state index >= 15 is 0 Å². The van der Waals surface area contributed by atoms with Crippen molar-refractivity contribution in [1.29, 1.82) is 0 Å². The Bertz CT molecular complexity index is 115. The van der Waals surface area contributed by atoms with Crippen molar-refractivity contribution in [2.75, 3.05) is 13.6 Å². The molecule has 0 bridgehead atoms. The van der Waals surface area contributed by atoms with Crippen LogP contribution in [-0.4, -0.2) is 25.5 Å². The van der Waals surface area contributed by atoms with Gasteiger partial charge in [-0.15, -0.1) is 0 Å². The highest BCUT2D eigenvalue weighted by Gasteiger charge is 2.06. The van der Waals surface area contributed by atoms with Crippen molar-refractivity contribution in [1.82, 2.24) is 10.6 Å². The number of likely N-dealkylation sites (N-methyl/N-ethyl adjacent to an activating group) is 1. The zero-order valence-electron chi connectivity index (χ0n) is 7.61. The minimum absolute atomic E-state index is 0.132. The van der Waals surface area contributed by atoms with E-state index in [4.69, 9.17) is 0 Å². The van der Waals surface area contributed by atoms with Crippen LogP contribution in [0, 0.1) is 0 Å². The van der Waals surface area contributed by atoms with Gasteiger partial charge in [0.15, 0.2) is 0 Å². The summed E-state index contributed by atoms with van der Waals surface area (Å²) in [4.78, 5) is 10.9. The molecule has 0 aromatic carbocycles. The molecule has 2 N–H and O–H groups in total. The van der Waals surface area contributed by atoms with Crippen molar-refractivity contribution in [3.05, 3.63) is 0 Å². The third-order valence-electron chi connectivity index (χ3n) is 1.63. The Hall–Kier alpha value is -0.570. The Morgan fingerprint density at radius 3 is 2.45 bits per heavy atom. The van der Waals surface area contributed by atoms with Crippen LogP contribution < -0.4 is 10.6 Å². The molecule has 0 aromatic heterocycles. The molecule has 1 atom stereocenters. The number of amides is 1. The predicted octanol–water partition coefficient (Wildman–Crippen LogP) is 0.511. The van der Waals surface area contributed by atoms with E-state index in [1.54, 1.807) is 0 Å². The van der Waals surface area contributed by atoms with Crippen molar-refractivity contribution < 1.29 is 4.79 Å². The first kappa shape index (κ1) is 10.4. The lowest BCUT2D eigenvalue weighted by Crippen LogP contribution is -2.40. The number of nitrogens with one attached hydrogen (secondary N) is 2. The number of carbonyl (C=O) groups excluding carboxylic acids is 1. The summed E-state index contributed by atoms with van der Waals surface area (Å²) in [6.45, 7) is 4.78. The summed E-state index contributed by atoms with van der Waals surface area (Å²) >= 11 is 0. The third-order valence-corrected chi connectivity index (χ3v) is 1.63. The molecule has 0 aromatic rings. The predicted molar refractivity (Wildman–Crippen MR) is 46.4 cm³/mol. The lowest BCUT2D eigenvalue weighted by molar-refractivity contribution is -0.121. The minimum Gasteiger partial charge on any atom is -0.352 e. The van der Waals surface area contributed by atoms with Gasteiger partial charge < -0.3 is 10.6 Å². The monoisotopic (exact) mass is 158 g/mol. The van der Waals surface area contributed by atoms with Crippen molar-refractivity contribution in [2.45, 2.75) is 32.7 Å². The maximum absolute atomic E-state index is 10.9. The van der Waals surface area contributed by atoms with Gasteiger partial charge in [-0.2, -0.15) is 0 Å². The van der Waals surface area contributed by atoms with Gasteiger partial charge in [-0.25, -0.2) is 0 Å². The van der Waals surface area contributed by atoms with E-state index in [9.17, 15) is 4.79 Å². The van der Waals surface area contributed by atoms with Crippen LogP contribution in [-0.2, 0) is 4.79 Å². The second-order valence-electron chi connectivity index (χ2n) is 2.58. The Morgan fingerprint density at radius 1 is 1.45 bits per heavy atom. The first-order valence-corrected chi connectivity index (χ1v) is 4.18. The molecule has 1 unspecified atom stereocenters. The van der Waals surface area contributed by atoms with E-state index in [0.717, 1.165) is 13.0 Å². The molecule has 0 heterocycles. The Morgan fingerprint density at radius 2 is 2.09 bits per heavy atom. The average Bonchev–Trinajstić information content (AvgIpc) is 2.03. The smallest absolute Gasteiger partial charge is 0.219 e. The molecule has 66 valence electrons. The van der Waals surface area contributed by atoms with Gasteiger partial charge in [0.1, 0.15) is 0 Å². The van der Waals surface area contributed by atoms with E-state index in [1.165, 1.54) is 0 Å². The summed E-state index contributed by atoms with van der Waals surface area (Å²) in [6, 6.07) is 0.285. The lowest BCUT2D eigenvalue weighted by Gasteiger charge is -2.15. The molecule has 0 saturated heterocycles. The first-order chi connectivity index (χ1) is 5.24. The quantitative estimate of drug-likeness (QED) is 0.612. The minimum atomic E-state index is 0.132. The molecule has 0 radical (unpaired) electrons. The molecule has 0 rings (SSSR count). The van der Waals surface area contributed by atoms with Crippen LogP contribution in [0.3, 0.4) is 0 Å². The molecule has 0 spiro atoms. The highest BCUT2D eigenvalue weighted by atomic mass is 16.1. The fraction of sp³-hybridized carbons (Fsp3) is 0.875. The van der Waals surface area contributed by atoms with Gasteiger partial charge in [0.05, 0.1) is 0 Å². The summed E-state index contributed by atoms with van der Waals surface area (Å²) in [5, 5.41) is 5.95. The van der Waals surface area contributed by atoms with Crippen LogP contribution in [0.2, 0.25) is 0 Å². The molecule has 3 nitrogen and oxygen atoms in total. The third kappa shape index (κ3) is 4.79. The van der Waals surface area contributed by atoms with Gasteiger partial charge in [-0.1, -0.05) is 13.8 Å². The fourth-order valence-corrected chi connectivity index (χ4v) is 0.874. The number of rotatable bonds is 5. The normalized spacial score (nSPS) is 12.6. The Kier molecular flexibility index (Phi) is 5.84. The standard InChI is InChI=1S/C8H18N2O/c1-4-7(6-9-3)10-8(11)5-2/h7,9H,4-6H2,1-3H3,(H,10,11). The molecular weight excluding hydrogens is 140 g/mol. The van der Waals surface area contributed by atoms with E-state index < -0.39 is 0 Å². The Labute approximate surface area is 68.6 Å². The van der Waals surface area contributed by atoms with Gasteiger partial charge in [-0.3, -0.25) is 4.79 Å². The molecule has 0 aliphatic rings. The van der Waals surface area contributed by atoms with Crippen molar-refractivity contribution in [3.8, 4) is 0 Å². The SMILES string of the molecule is CCC(=O)NC(CC)CNC. The van der Waals surface area contributed by atoms with E-state index in [2.05, 4.69) is 17.6 Å². The first-order valence-electron chi connectivity index (χ1n) is 4.18. The van der Waals surface area contributed by atoms with E-state index in [1.807, 2.05) is 14.0 Å². The molecule has 11 heavy (non-hydrogen) atoms. The Balaban J connectivity index is 3.58. The maximum atomic E-state index is 10.9. The fourth-order valence-electron chi connectivity index (χ4n) is 0.874. The second-order valence-corrected chi connectivity index (χ2v) is 2.58. The summed E-state index contributed by atoms with van der Waals surface area (Å²) in [7, 11) is 1.89. The largest absolute Gasteiger partial charge is 0.352 e. The van der Waals surface area contributed by atoms with Crippen LogP contribution >= 0.6 is 0 Å². The molecule has 0 aliphatic carbocycles. The molecule has 3 heteroatoms. The summed E-state index contributed by atoms with van der Waals surface area (Å²) in [5.74, 6) is 0.132. The van der Waals surface area contributed by atoms with Crippen LogP contribution in [0.1, 0.15) is 26.7 Å². The molecule has 0 saturated carbocycles. The highest BCUT2D eigenvalue weighted by molar-refractivity contribution is 5.75. The summed E-state index contributed by atoms with van der Waals surface area (Å²) in [5.41, 5.74) is 0. The van der Waals surface area contributed by atoms with Gasteiger partial charge in [0.2, 0.25) is 5.91 Å². The molecule has 1 amide bonds. The van der Waals surface area contributed by atoms with Crippen molar-refractivity contribution >= 4 is 5.91 Å². The van der Waals surface area contributed by atoms with Gasteiger partial charge in [0, 0.05) is 19.0 Å². The van der Waals surface area contributed by atoms with Gasteiger partial charge >= 0.3 is 0 Å². The molecule has 0 aliphatic heterocycles. The topological polar surface area (TPSA) is 41.1 Å². The van der Waals surface area contributed by atoms with Crippen LogP contribution in [0.15, 0.2) is 0 Å². The van der Waals surface area contributed by atoms with Crippen LogP contribution in [0.25, 0.3) is 0 Å². The van der Waals surface area contributed by atoms with Gasteiger partial charge in [-0.05, 0) is 13.5 Å². The number of hydrogen-bond donors (Lipinski definition) is 2. The van der Waals surface area contributed by atoms with Crippen LogP contribution in [0.4, 0.5) is 0 Å². The van der Waals surface area contributed by atoms with E-state index in [0.29, 0.717) is 6.42 Å². The summed E-state index contributed by atoms with van der Waals surface area (Å²) < 4.78 is 0. The average molecular weight is 158 g/mol. The number of hydrogen-bond acceptors (Lipinski definition) is 2. The van der Waals surface area contributed by atoms with Crippen molar-refractivity contribution in [2.24, 2.45) is 0 Å². The van der Waals surface area contributed by atoms with Crippen LogP contribution in [0.5, 0.6) is 0 Å². The van der Waals surface area contributed by atoms with Gasteiger partial charge in [0.25, 0.3) is 0 Å². The zero-order chi connectivity index (χ0) is 8.69. The zero-order valence-corrected chi connectivity index (χ0v) is 7.61.